The number of aryl methyl sites for hydroxylation is 3. The van der Waals surface area contributed by atoms with Crippen LogP contribution in [0.5, 0.6) is 0 Å². The number of aromatic nitrogens is 3. The van der Waals surface area contributed by atoms with E-state index in [0.717, 1.165) is 34.7 Å². The number of thiophene rings is 1. The van der Waals surface area contributed by atoms with Gasteiger partial charge in [-0.05, 0) is 51.5 Å². The van der Waals surface area contributed by atoms with Crippen molar-refractivity contribution in [3.05, 3.63) is 42.2 Å². The van der Waals surface area contributed by atoms with Crippen LogP contribution in [0.2, 0.25) is 0 Å². The molecule has 0 saturated carbocycles. The molecule has 27 heavy (non-hydrogen) atoms. The van der Waals surface area contributed by atoms with Crippen molar-refractivity contribution < 1.29 is 9.53 Å². The van der Waals surface area contributed by atoms with Crippen molar-refractivity contribution in [2.45, 2.75) is 53.1 Å². The molecule has 3 aromatic rings. The number of esters is 1. The lowest BCUT2D eigenvalue weighted by Crippen LogP contribution is -2.18. The average molecular weight is 404 g/mol. The first-order chi connectivity index (χ1) is 12.8. The topological polar surface area (TPSA) is 84.9 Å². The Kier molecular flexibility index (Phi) is 4.63. The van der Waals surface area contributed by atoms with Gasteiger partial charge in [0, 0.05) is 4.88 Å². The first kappa shape index (κ1) is 18.3. The number of carbonyl (C=O) groups excluding carboxylic acids is 1. The molecule has 6 nitrogen and oxygen atoms in total. The Morgan fingerprint density at radius 3 is 2.78 bits per heavy atom. The number of carbonyl (C=O) groups is 1. The second-order valence-corrected chi connectivity index (χ2v) is 9.46. The van der Waals surface area contributed by atoms with Crippen molar-refractivity contribution in [1.82, 2.24) is 15.0 Å². The Balaban J connectivity index is 1.64. The maximum absolute atomic E-state index is 12.7. The Morgan fingerprint density at radius 2 is 2.07 bits per heavy atom. The molecule has 0 radical (unpaired) electrons. The van der Waals surface area contributed by atoms with Crippen LogP contribution in [0.4, 0.5) is 0 Å². The highest BCUT2D eigenvalue weighted by molar-refractivity contribution is 7.18. The van der Waals surface area contributed by atoms with E-state index in [9.17, 15) is 9.59 Å². The fourth-order valence-corrected chi connectivity index (χ4v) is 5.74. The molecule has 142 valence electrons. The highest BCUT2D eigenvalue weighted by Gasteiger charge is 2.25. The molecular weight excluding hydrogens is 382 g/mol. The van der Waals surface area contributed by atoms with Gasteiger partial charge in [-0.25, -0.2) is 14.8 Å². The van der Waals surface area contributed by atoms with Crippen LogP contribution in [0.3, 0.4) is 0 Å². The van der Waals surface area contributed by atoms with E-state index in [-0.39, 0.29) is 5.56 Å². The smallest absolute Gasteiger partial charge is 0.350 e. The number of rotatable bonds is 3. The molecule has 0 fully saturated rings. The van der Waals surface area contributed by atoms with E-state index in [2.05, 4.69) is 21.9 Å². The summed E-state index contributed by atoms with van der Waals surface area (Å²) in [6.07, 6.45) is 2.38. The standard InChI is InChI=1S/C19H21N3O3S2/c1-8-5-6-12-13(7-8)27-18-14(12)17(23)21-16(22-18)10(3)25-19(24)15-9(2)20-11(4)26-15/h8,10H,5-7H2,1-4H3,(H,21,22,23)/t8-,10+/m1/s1. The minimum absolute atomic E-state index is 0.144. The summed E-state index contributed by atoms with van der Waals surface area (Å²) in [5, 5.41) is 1.52. The van der Waals surface area contributed by atoms with Crippen LogP contribution in [0, 0.1) is 19.8 Å². The highest BCUT2D eigenvalue weighted by atomic mass is 32.1. The Labute approximate surface area is 164 Å². The molecule has 0 amide bonds. The summed E-state index contributed by atoms with van der Waals surface area (Å²) in [6, 6.07) is 0. The number of hydrogen-bond donors (Lipinski definition) is 1. The number of aromatic amines is 1. The van der Waals surface area contributed by atoms with Gasteiger partial charge >= 0.3 is 5.97 Å². The molecule has 3 aromatic heterocycles. The summed E-state index contributed by atoms with van der Waals surface area (Å²) < 4.78 is 5.54. The summed E-state index contributed by atoms with van der Waals surface area (Å²) in [7, 11) is 0. The fraction of sp³-hybridized carbons (Fsp3) is 0.474. The van der Waals surface area contributed by atoms with Crippen LogP contribution in [0.15, 0.2) is 4.79 Å². The molecule has 1 N–H and O–H groups in total. The number of ether oxygens (including phenoxy) is 1. The lowest BCUT2D eigenvalue weighted by atomic mass is 9.89. The maximum Gasteiger partial charge on any atom is 0.350 e. The van der Waals surface area contributed by atoms with Crippen molar-refractivity contribution in [2.75, 3.05) is 0 Å². The molecule has 1 aliphatic rings. The quantitative estimate of drug-likeness (QED) is 0.666. The predicted molar refractivity (Wildman–Crippen MR) is 107 cm³/mol. The lowest BCUT2D eigenvalue weighted by molar-refractivity contribution is 0.0325. The van der Waals surface area contributed by atoms with Crippen molar-refractivity contribution in [2.24, 2.45) is 5.92 Å². The average Bonchev–Trinajstić information content (AvgIpc) is 3.13. The molecule has 0 bridgehead atoms. The van der Waals surface area contributed by atoms with Crippen molar-refractivity contribution >= 4 is 38.9 Å². The van der Waals surface area contributed by atoms with Gasteiger partial charge in [0.05, 0.1) is 16.1 Å². The zero-order valence-corrected chi connectivity index (χ0v) is 17.3. The van der Waals surface area contributed by atoms with E-state index >= 15 is 0 Å². The van der Waals surface area contributed by atoms with Crippen LogP contribution in [-0.2, 0) is 17.6 Å². The number of hydrogen-bond acceptors (Lipinski definition) is 7. The summed E-state index contributed by atoms with van der Waals surface area (Å²) in [5.74, 6) is 0.578. The number of fused-ring (bicyclic) bond motifs is 3. The predicted octanol–water partition coefficient (Wildman–Crippen LogP) is 4.10. The second kappa shape index (κ2) is 6.83. The van der Waals surface area contributed by atoms with E-state index in [0.29, 0.717) is 27.7 Å². The summed E-state index contributed by atoms with van der Waals surface area (Å²) in [4.78, 5) is 39.3. The van der Waals surface area contributed by atoms with Gasteiger partial charge in [0.2, 0.25) is 0 Å². The maximum atomic E-state index is 12.7. The first-order valence-corrected chi connectivity index (χ1v) is 10.7. The molecule has 0 aromatic carbocycles. The van der Waals surface area contributed by atoms with Crippen molar-refractivity contribution in [3.8, 4) is 0 Å². The van der Waals surface area contributed by atoms with Crippen LogP contribution >= 0.6 is 22.7 Å². The molecular formula is C19H21N3O3S2. The second-order valence-electron chi connectivity index (χ2n) is 7.18. The van der Waals surface area contributed by atoms with Crippen LogP contribution < -0.4 is 5.56 Å². The zero-order valence-electron chi connectivity index (χ0n) is 15.7. The minimum atomic E-state index is -0.644. The number of nitrogens with zero attached hydrogens (tertiary/aromatic N) is 2. The third-order valence-corrected chi connectivity index (χ3v) is 7.14. The Morgan fingerprint density at radius 1 is 1.30 bits per heavy atom. The normalized spacial score (nSPS) is 17.7. The molecule has 8 heteroatoms. The SMILES string of the molecule is Cc1nc(C)c(C(=O)O[C@@H](C)c2nc3sc4c(c3c(=O)[nH]2)CC[C@@H](C)C4)s1. The summed E-state index contributed by atoms with van der Waals surface area (Å²) >= 11 is 2.90. The van der Waals surface area contributed by atoms with Gasteiger partial charge in [0.25, 0.3) is 5.56 Å². The number of thiazole rings is 1. The number of H-pyrrole nitrogens is 1. The zero-order chi connectivity index (χ0) is 19.3. The van der Waals surface area contributed by atoms with Gasteiger partial charge in [-0.3, -0.25) is 4.79 Å². The van der Waals surface area contributed by atoms with Crippen LogP contribution in [0.25, 0.3) is 10.2 Å². The summed E-state index contributed by atoms with van der Waals surface area (Å²) in [6.45, 7) is 7.60. The number of nitrogens with one attached hydrogen (secondary N) is 1. The van der Waals surface area contributed by atoms with E-state index < -0.39 is 12.1 Å². The highest BCUT2D eigenvalue weighted by Crippen LogP contribution is 2.36. The molecule has 0 spiro atoms. The van der Waals surface area contributed by atoms with E-state index in [1.165, 1.54) is 16.2 Å². The monoisotopic (exact) mass is 403 g/mol. The van der Waals surface area contributed by atoms with Gasteiger partial charge in [-0.15, -0.1) is 22.7 Å². The Hall–Kier alpha value is -2.06. The molecule has 2 atom stereocenters. The molecule has 0 aliphatic heterocycles. The van der Waals surface area contributed by atoms with Crippen LogP contribution in [0.1, 0.15) is 63.0 Å². The molecule has 0 unspecified atom stereocenters. The van der Waals surface area contributed by atoms with Gasteiger partial charge < -0.3 is 9.72 Å². The largest absolute Gasteiger partial charge is 0.450 e. The van der Waals surface area contributed by atoms with E-state index in [1.807, 2.05) is 6.92 Å². The van der Waals surface area contributed by atoms with Crippen molar-refractivity contribution in [3.63, 3.8) is 0 Å². The first-order valence-electron chi connectivity index (χ1n) is 9.03. The van der Waals surface area contributed by atoms with Crippen LogP contribution in [-0.4, -0.2) is 20.9 Å². The summed E-state index contributed by atoms with van der Waals surface area (Å²) in [5.41, 5.74) is 1.66. The van der Waals surface area contributed by atoms with Crippen molar-refractivity contribution in [1.29, 1.82) is 0 Å². The van der Waals surface area contributed by atoms with E-state index in [1.54, 1.807) is 25.2 Å². The molecule has 4 rings (SSSR count). The van der Waals surface area contributed by atoms with Gasteiger partial charge in [-0.1, -0.05) is 6.92 Å². The third-order valence-electron chi connectivity index (χ3n) is 4.94. The molecule has 3 heterocycles. The minimum Gasteiger partial charge on any atom is -0.450 e. The fourth-order valence-electron chi connectivity index (χ4n) is 3.55. The van der Waals surface area contributed by atoms with E-state index in [4.69, 9.17) is 4.74 Å². The van der Waals surface area contributed by atoms with Gasteiger partial charge in [-0.2, -0.15) is 0 Å². The Bertz CT molecular complexity index is 1100. The lowest BCUT2D eigenvalue weighted by Gasteiger charge is -2.17. The molecule has 1 aliphatic carbocycles. The van der Waals surface area contributed by atoms with Gasteiger partial charge in [0.15, 0.2) is 11.9 Å². The third kappa shape index (κ3) is 3.32. The van der Waals surface area contributed by atoms with Gasteiger partial charge in [0.1, 0.15) is 9.71 Å². The molecule has 0 saturated heterocycles.